The first kappa shape index (κ1) is 20.5. The van der Waals surface area contributed by atoms with E-state index in [9.17, 15) is 13.2 Å². The normalized spacial score (nSPS) is 12.9. The molecule has 0 aliphatic heterocycles. The van der Waals surface area contributed by atoms with E-state index in [-0.39, 0.29) is 16.3 Å². The van der Waals surface area contributed by atoms with Gasteiger partial charge in [0.2, 0.25) is 10.0 Å². The minimum absolute atomic E-state index is 0.131. The number of ketones is 1. The van der Waals surface area contributed by atoms with Crippen molar-refractivity contribution in [2.75, 3.05) is 0 Å². The fourth-order valence-electron chi connectivity index (χ4n) is 2.97. The summed E-state index contributed by atoms with van der Waals surface area (Å²) in [5.41, 5.74) is 1.42. The van der Waals surface area contributed by atoms with Crippen LogP contribution < -0.4 is 4.72 Å². The Bertz CT molecular complexity index is 1110. The summed E-state index contributed by atoms with van der Waals surface area (Å²) in [7, 11) is -3.86. The van der Waals surface area contributed by atoms with Gasteiger partial charge in [-0.25, -0.2) is 8.42 Å². The van der Waals surface area contributed by atoms with E-state index in [2.05, 4.69) is 11.3 Å². The van der Waals surface area contributed by atoms with Crippen molar-refractivity contribution in [1.82, 2.24) is 4.72 Å². The van der Waals surface area contributed by atoms with Gasteiger partial charge in [0.15, 0.2) is 5.78 Å². The number of carbonyl (C=O) groups is 1. The first-order valence-corrected chi connectivity index (χ1v) is 10.6. The van der Waals surface area contributed by atoms with Crippen molar-refractivity contribution in [3.63, 3.8) is 0 Å². The molecule has 0 saturated carbocycles. The van der Waals surface area contributed by atoms with Crippen LogP contribution in [0.5, 0.6) is 0 Å². The van der Waals surface area contributed by atoms with Crippen LogP contribution in [0.3, 0.4) is 0 Å². The Morgan fingerprint density at radius 2 is 1.34 bits per heavy atom. The Morgan fingerprint density at radius 3 is 1.90 bits per heavy atom. The molecule has 0 heterocycles. The molecule has 0 radical (unpaired) electrons. The zero-order chi connectivity index (χ0) is 20.7. The van der Waals surface area contributed by atoms with E-state index in [0.717, 1.165) is 0 Å². The van der Waals surface area contributed by atoms with Crippen LogP contribution >= 0.6 is 0 Å². The predicted molar refractivity (Wildman–Crippen MR) is 115 cm³/mol. The highest BCUT2D eigenvalue weighted by Crippen LogP contribution is 2.27. The highest BCUT2D eigenvalue weighted by molar-refractivity contribution is 7.89. The smallest absolute Gasteiger partial charge is 0.241 e. The van der Waals surface area contributed by atoms with Crippen molar-refractivity contribution in [1.29, 1.82) is 0 Å². The van der Waals surface area contributed by atoms with E-state index >= 15 is 0 Å². The minimum Gasteiger partial charge on any atom is -0.289 e. The molecule has 5 heteroatoms. The SMILES string of the molecule is C=C/C=C(/C(=O)c1ccccc1)C(NS(=O)(=O)c1ccccc1)c1ccccc1. The maximum atomic E-state index is 13.2. The number of hydrogen-bond donors (Lipinski definition) is 1. The number of sulfonamides is 1. The van der Waals surface area contributed by atoms with Crippen molar-refractivity contribution >= 4 is 15.8 Å². The molecule has 0 bridgehead atoms. The predicted octanol–water partition coefficient (Wildman–Crippen LogP) is 4.70. The maximum absolute atomic E-state index is 13.2. The molecule has 0 aliphatic rings. The van der Waals surface area contributed by atoms with Gasteiger partial charge in [-0.05, 0) is 17.7 Å². The summed E-state index contributed by atoms with van der Waals surface area (Å²) in [6, 6.07) is 25.0. The second-order valence-corrected chi connectivity index (χ2v) is 8.04. The third-order valence-electron chi connectivity index (χ3n) is 4.37. The lowest BCUT2D eigenvalue weighted by Gasteiger charge is -2.22. The molecule has 0 fully saturated rings. The van der Waals surface area contributed by atoms with Gasteiger partial charge >= 0.3 is 0 Å². The van der Waals surface area contributed by atoms with E-state index in [4.69, 9.17) is 0 Å². The Labute approximate surface area is 171 Å². The molecule has 29 heavy (non-hydrogen) atoms. The van der Waals surface area contributed by atoms with Gasteiger partial charge in [0, 0.05) is 11.1 Å². The van der Waals surface area contributed by atoms with Gasteiger partial charge in [-0.15, -0.1) is 0 Å². The van der Waals surface area contributed by atoms with E-state index in [0.29, 0.717) is 11.1 Å². The van der Waals surface area contributed by atoms with Crippen molar-refractivity contribution in [3.05, 3.63) is 126 Å². The average molecular weight is 404 g/mol. The van der Waals surface area contributed by atoms with Crippen LogP contribution in [-0.2, 0) is 10.0 Å². The lowest BCUT2D eigenvalue weighted by atomic mass is 9.92. The third-order valence-corrected chi connectivity index (χ3v) is 5.80. The Hall–Kier alpha value is -3.28. The Kier molecular flexibility index (Phi) is 6.54. The van der Waals surface area contributed by atoms with Crippen LogP contribution in [0.15, 0.2) is 120 Å². The summed E-state index contributed by atoms with van der Waals surface area (Å²) in [6.45, 7) is 3.70. The highest BCUT2D eigenvalue weighted by Gasteiger charge is 2.28. The zero-order valence-corrected chi connectivity index (χ0v) is 16.5. The molecule has 0 spiro atoms. The van der Waals surface area contributed by atoms with Gasteiger partial charge in [-0.2, -0.15) is 4.72 Å². The number of allylic oxidation sites excluding steroid dienone is 2. The van der Waals surface area contributed by atoms with Crippen molar-refractivity contribution in [2.24, 2.45) is 0 Å². The van der Waals surface area contributed by atoms with Crippen LogP contribution in [0.2, 0.25) is 0 Å². The van der Waals surface area contributed by atoms with Crippen LogP contribution in [0.1, 0.15) is 22.0 Å². The zero-order valence-electron chi connectivity index (χ0n) is 15.7. The quantitative estimate of drug-likeness (QED) is 0.337. The molecule has 3 aromatic rings. The second kappa shape index (κ2) is 9.28. The van der Waals surface area contributed by atoms with Gasteiger partial charge in [-0.3, -0.25) is 4.79 Å². The summed E-state index contributed by atoms with van der Waals surface area (Å²) in [6.07, 6.45) is 3.05. The average Bonchev–Trinajstić information content (AvgIpc) is 2.77. The molecule has 0 aromatic heterocycles. The minimum atomic E-state index is -3.86. The lowest BCUT2D eigenvalue weighted by Crippen LogP contribution is -2.32. The summed E-state index contributed by atoms with van der Waals surface area (Å²) >= 11 is 0. The number of hydrogen-bond acceptors (Lipinski definition) is 3. The van der Waals surface area contributed by atoms with Gasteiger partial charge in [0.25, 0.3) is 0 Å². The van der Waals surface area contributed by atoms with Crippen LogP contribution in [0.25, 0.3) is 0 Å². The monoisotopic (exact) mass is 403 g/mol. The first-order chi connectivity index (χ1) is 14.0. The molecule has 0 amide bonds. The summed E-state index contributed by atoms with van der Waals surface area (Å²) in [5.74, 6) is -0.268. The number of Topliss-reactive ketones (excluding diaryl/α,β-unsaturated/α-hetero) is 1. The van der Waals surface area contributed by atoms with Crippen molar-refractivity contribution in [3.8, 4) is 0 Å². The highest BCUT2D eigenvalue weighted by atomic mass is 32.2. The molecule has 146 valence electrons. The van der Waals surface area contributed by atoms with Gasteiger partial charge in [0.1, 0.15) is 0 Å². The molecule has 1 unspecified atom stereocenters. The summed E-state index contributed by atoms with van der Waals surface area (Å²) in [4.78, 5) is 13.4. The Morgan fingerprint density at radius 1 is 0.828 bits per heavy atom. The second-order valence-electron chi connectivity index (χ2n) is 6.33. The standard InChI is InChI=1S/C24H21NO3S/c1-2-12-22(24(26)20-15-8-4-9-16-20)23(19-13-6-3-7-14-19)25-29(27,28)21-17-10-5-11-18-21/h2-18,23,25H,1H2/b22-12+. The van der Waals surface area contributed by atoms with E-state index in [1.54, 1.807) is 72.8 Å². The molecule has 1 N–H and O–H groups in total. The Balaban J connectivity index is 2.08. The lowest BCUT2D eigenvalue weighted by molar-refractivity contribution is 0.102. The van der Waals surface area contributed by atoms with Gasteiger partial charge in [-0.1, -0.05) is 97.6 Å². The van der Waals surface area contributed by atoms with E-state index < -0.39 is 16.1 Å². The van der Waals surface area contributed by atoms with Crippen molar-refractivity contribution in [2.45, 2.75) is 10.9 Å². The summed E-state index contributed by atoms with van der Waals surface area (Å²) < 4.78 is 28.7. The molecule has 1 atom stereocenters. The molecular formula is C24H21NO3S. The van der Waals surface area contributed by atoms with Gasteiger partial charge < -0.3 is 0 Å². The third kappa shape index (κ3) is 4.96. The topological polar surface area (TPSA) is 63.2 Å². The molecule has 0 saturated heterocycles. The molecule has 4 nitrogen and oxygen atoms in total. The number of benzene rings is 3. The molecule has 3 rings (SSSR count). The van der Waals surface area contributed by atoms with Gasteiger partial charge in [0.05, 0.1) is 10.9 Å². The van der Waals surface area contributed by atoms with E-state index in [1.807, 2.05) is 12.1 Å². The fourth-order valence-corrected chi connectivity index (χ4v) is 4.19. The van der Waals surface area contributed by atoms with Crippen LogP contribution in [-0.4, -0.2) is 14.2 Å². The van der Waals surface area contributed by atoms with Crippen molar-refractivity contribution < 1.29 is 13.2 Å². The largest absolute Gasteiger partial charge is 0.289 e. The van der Waals surface area contributed by atoms with Crippen LogP contribution in [0, 0.1) is 0 Å². The molecule has 3 aromatic carbocycles. The molecule has 0 aliphatic carbocycles. The maximum Gasteiger partial charge on any atom is 0.241 e. The first-order valence-electron chi connectivity index (χ1n) is 9.07. The van der Waals surface area contributed by atoms with Crippen LogP contribution in [0.4, 0.5) is 0 Å². The number of rotatable bonds is 8. The van der Waals surface area contributed by atoms with E-state index in [1.165, 1.54) is 18.2 Å². The fraction of sp³-hybridized carbons (Fsp3) is 0.0417. The molecular weight excluding hydrogens is 382 g/mol. The summed E-state index contributed by atoms with van der Waals surface area (Å²) in [5, 5.41) is 0. The number of nitrogens with one attached hydrogen (secondary N) is 1. The number of carbonyl (C=O) groups excluding carboxylic acids is 1.